The van der Waals surface area contributed by atoms with Gasteiger partial charge < -0.3 is 4.74 Å². The molecule has 0 bridgehead atoms. The molecule has 0 saturated heterocycles. The van der Waals surface area contributed by atoms with Gasteiger partial charge in [-0.25, -0.2) is 4.79 Å². The summed E-state index contributed by atoms with van der Waals surface area (Å²) in [7, 11) is 0. The zero-order valence-corrected chi connectivity index (χ0v) is 11.6. The fourth-order valence-electron chi connectivity index (χ4n) is 2.10. The smallest absolute Gasteiger partial charge is 0.335 e. The highest BCUT2D eigenvalue weighted by Crippen LogP contribution is 2.21. The molecule has 2 nitrogen and oxygen atoms in total. The number of hydrogen-bond donors (Lipinski definition) is 0. The summed E-state index contributed by atoms with van der Waals surface area (Å²) in [5.74, 6) is 0.569. The Labute approximate surface area is 119 Å². The second kappa shape index (κ2) is 6.71. The highest BCUT2D eigenvalue weighted by molar-refractivity contribution is 5.83. The van der Waals surface area contributed by atoms with Crippen molar-refractivity contribution in [2.24, 2.45) is 0 Å². The summed E-state index contributed by atoms with van der Waals surface area (Å²) in [6.45, 7) is 5.58. The quantitative estimate of drug-likeness (QED) is 0.462. The zero-order valence-electron chi connectivity index (χ0n) is 11.6. The van der Waals surface area contributed by atoms with E-state index in [-0.39, 0.29) is 0 Å². The van der Waals surface area contributed by atoms with Crippen molar-refractivity contribution in [3.8, 4) is 5.75 Å². The van der Waals surface area contributed by atoms with E-state index in [0.29, 0.717) is 11.7 Å². The van der Waals surface area contributed by atoms with E-state index >= 15 is 0 Å². The van der Waals surface area contributed by atoms with Crippen molar-refractivity contribution >= 4 is 5.97 Å². The molecule has 0 saturated carbocycles. The van der Waals surface area contributed by atoms with E-state index in [1.807, 2.05) is 30.3 Å². The Morgan fingerprint density at radius 3 is 2.40 bits per heavy atom. The van der Waals surface area contributed by atoms with Gasteiger partial charge >= 0.3 is 5.97 Å². The van der Waals surface area contributed by atoms with Crippen molar-refractivity contribution in [3.63, 3.8) is 0 Å². The topological polar surface area (TPSA) is 26.3 Å². The van der Waals surface area contributed by atoms with Gasteiger partial charge in [-0.05, 0) is 35.6 Å². The van der Waals surface area contributed by atoms with Crippen LogP contribution in [-0.2, 0) is 11.2 Å². The third kappa shape index (κ3) is 3.82. The van der Waals surface area contributed by atoms with E-state index in [2.05, 4.69) is 37.8 Å². The van der Waals surface area contributed by atoms with Crippen LogP contribution in [-0.4, -0.2) is 5.97 Å². The van der Waals surface area contributed by atoms with Crippen LogP contribution in [0.4, 0.5) is 0 Å². The number of carbonyl (C=O) groups is 1. The Morgan fingerprint density at radius 1 is 1.15 bits per heavy atom. The first-order valence-electron chi connectivity index (χ1n) is 6.67. The van der Waals surface area contributed by atoms with Crippen molar-refractivity contribution in [1.29, 1.82) is 0 Å². The average Bonchev–Trinajstić information content (AvgIpc) is 2.50. The maximum absolute atomic E-state index is 11.1. The summed E-state index contributed by atoms with van der Waals surface area (Å²) in [6.07, 6.45) is 2.12. The largest absolute Gasteiger partial charge is 0.423 e. The van der Waals surface area contributed by atoms with Crippen LogP contribution in [0.3, 0.4) is 0 Å². The second-order valence-corrected chi connectivity index (χ2v) is 4.79. The lowest BCUT2D eigenvalue weighted by atomic mass is 9.94. The number of hydrogen-bond acceptors (Lipinski definition) is 2. The SMILES string of the molecule is C=CC(=O)Oc1ccc(CC(C)c2ccccc2)cc1. The highest BCUT2D eigenvalue weighted by atomic mass is 16.5. The molecule has 2 heteroatoms. The van der Waals surface area contributed by atoms with Gasteiger partial charge in [0.05, 0.1) is 0 Å². The molecule has 1 atom stereocenters. The predicted molar refractivity (Wildman–Crippen MR) is 80.8 cm³/mol. The fourth-order valence-corrected chi connectivity index (χ4v) is 2.10. The van der Waals surface area contributed by atoms with Crippen LogP contribution < -0.4 is 4.74 Å². The van der Waals surface area contributed by atoms with E-state index in [9.17, 15) is 4.79 Å². The van der Waals surface area contributed by atoms with Gasteiger partial charge in [0.15, 0.2) is 0 Å². The Bertz CT molecular complexity index is 570. The van der Waals surface area contributed by atoms with Crippen LogP contribution in [0.15, 0.2) is 67.3 Å². The van der Waals surface area contributed by atoms with Crippen molar-refractivity contribution in [2.75, 3.05) is 0 Å². The predicted octanol–water partition coefficient (Wildman–Crippen LogP) is 4.12. The molecule has 0 N–H and O–H groups in total. The lowest BCUT2D eigenvalue weighted by Gasteiger charge is -2.12. The lowest BCUT2D eigenvalue weighted by Crippen LogP contribution is -2.03. The number of ether oxygens (including phenoxy) is 1. The van der Waals surface area contributed by atoms with Gasteiger partial charge in [0.2, 0.25) is 0 Å². The number of esters is 1. The molecule has 0 aliphatic rings. The molecular formula is C18H18O2. The molecule has 0 aliphatic heterocycles. The molecule has 0 spiro atoms. The molecule has 0 heterocycles. The first-order valence-corrected chi connectivity index (χ1v) is 6.67. The molecule has 102 valence electrons. The average molecular weight is 266 g/mol. The normalized spacial score (nSPS) is 11.7. The Balaban J connectivity index is 2.00. The van der Waals surface area contributed by atoms with Crippen molar-refractivity contribution in [2.45, 2.75) is 19.3 Å². The summed E-state index contributed by atoms with van der Waals surface area (Å²) in [4.78, 5) is 11.1. The standard InChI is InChI=1S/C18H18O2/c1-3-18(19)20-17-11-9-15(10-12-17)13-14(2)16-7-5-4-6-8-16/h3-12,14H,1,13H2,2H3. The first-order chi connectivity index (χ1) is 9.69. The van der Waals surface area contributed by atoms with Crippen LogP contribution in [0.5, 0.6) is 5.75 Å². The van der Waals surface area contributed by atoms with E-state index in [0.717, 1.165) is 12.5 Å². The van der Waals surface area contributed by atoms with Gasteiger partial charge in [0.25, 0.3) is 0 Å². The van der Waals surface area contributed by atoms with Crippen LogP contribution in [0.25, 0.3) is 0 Å². The molecule has 2 aromatic carbocycles. The Hall–Kier alpha value is -2.35. The van der Waals surface area contributed by atoms with Gasteiger partial charge in [0.1, 0.15) is 5.75 Å². The fraction of sp³-hybridized carbons (Fsp3) is 0.167. The summed E-state index contributed by atoms with van der Waals surface area (Å²) in [5.41, 5.74) is 2.55. The van der Waals surface area contributed by atoms with Gasteiger partial charge in [0, 0.05) is 6.08 Å². The molecule has 0 aliphatic carbocycles. The van der Waals surface area contributed by atoms with E-state index in [1.54, 1.807) is 0 Å². The molecule has 20 heavy (non-hydrogen) atoms. The van der Waals surface area contributed by atoms with Gasteiger partial charge in [-0.15, -0.1) is 0 Å². The molecule has 0 radical (unpaired) electrons. The lowest BCUT2D eigenvalue weighted by molar-refractivity contribution is -0.128. The van der Waals surface area contributed by atoms with Crippen molar-refractivity contribution < 1.29 is 9.53 Å². The van der Waals surface area contributed by atoms with Gasteiger partial charge in [-0.3, -0.25) is 0 Å². The Kier molecular flexibility index (Phi) is 4.72. The number of benzene rings is 2. The van der Waals surface area contributed by atoms with E-state index < -0.39 is 5.97 Å². The van der Waals surface area contributed by atoms with Gasteiger partial charge in [-0.2, -0.15) is 0 Å². The maximum Gasteiger partial charge on any atom is 0.335 e. The summed E-state index contributed by atoms with van der Waals surface area (Å²) >= 11 is 0. The van der Waals surface area contributed by atoms with E-state index in [1.165, 1.54) is 11.1 Å². The molecular weight excluding hydrogens is 248 g/mol. The van der Waals surface area contributed by atoms with Gasteiger partial charge in [-0.1, -0.05) is 56.0 Å². The third-order valence-electron chi connectivity index (χ3n) is 3.22. The molecule has 0 fully saturated rings. The third-order valence-corrected chi connectivity index (χ3v) is 3.22. The van der Waals surface area contributed by atoms with Crippen LogP contribution in [0.1, 0.15) is 24.0 Å². The summed E-state index contributed by atoms with van der Waals surface area (Å²) in [6, 6.07) is 18.0. The Morgan fingerprint density at radius 2 is 1.80 bits per heavy atom. The first kappa shape index (κ1) is 14.1. The minimum atomic E-state index is -0.435. The molecule has 0 aromatic heterocycles. The molecule has 2 aromatic rings. The monoisotopic (exact) mass is 266 g/mol. The maximum atomic E-state index is 11.1. The molecule has 2 rings (SSSR count). The summed E-state index contributed by atoms with van der Waals surface area (Å²) in [5, 5.41) is 0. The van der Waals surface area contributed by atoms with Crippen molar-refractivity contribution in [3.05, 3.63) is 78.4 Å². The minimum absolute atomic E-state index is 0.435. The van der Waals surface area contributed by atoms with E-state index in [4.69, 9.17) is 4.74 Å². The summed E-state index contributed by atoms with van der Waals surface area (Å²) < 4.78 is 5.05. The zero-order chi connectivity index (χ0) is 14.4. The molecule has 1 unspecified atom stereocenters. The number of rotatable bonds is 5. The van der Waals surface area contributed by atoms with Crippen LogP contribution in [0, 0.1) is 0 Å². The second-order valence-electron chi connectivity index (χ2n) is 4.79. The highest BCUT2D eigenvalue weighted by Gasteiger charge is 2.06. The minimum Gasteiger partial charge on any atom is -0.423 e. The number of carbonyl (C=O) groups excluding carboxylic acids is 1. The van der Waals surface area contributed by atoms with Crippen LogP contribution in [0.2, 0.25) is 0 Å². The molecule has 0 amide bonds. The van der Waals surface area contributed by atoms with Crippen molar-refractivity contribution in [1.82, 2.24) is 0 Å². The van der Waals surface area contributed by atoms with Crippen LogP contribution >= 0.6 is 0 Å².